The molecule has 0 heterocycles. The monoisotopic (exact) mass is 287 g/mol. The summed E-state index contributed by atoms with van der Waals surface area (Å²) in [6.07, 6.45) is -1.03. The molecule has 0 aliphatic carbocycles. The van der Waals surface area contributed by atoms with Gasteiger partial charge >= 0.3 is 12.1 Å². The lowest BCUT2D eigenvalue weighted by atomic mass is 9.98. The Morgan fingerprint density at radius 2 is 1.70 bits per heavy atom. The molecule has 0 aromatic carbocycles. The minimum Gasteiger partial charge on any atom is -0.466 e. The van der Waals surface area contributed by atoms with E-state index in [0.29, 0.717) is 0 Å². The Morgan fingerprint density at radius 3 is 2.10 bits per heavy atom. The van der Waals surface area contributed by atoms with Crippen LogP contribution >= 0.6 is 0 Å². The van der Waals surface area contributed by atoms with E-state index in [1.54, 1.807) is 41.5 Å². The molecule has 0 aliphatic heterocycles. The van der Waals surface area contributed by atoms with Gasteiger partial charge in [0.1, 0.15) is 12.0 Å². The second-order valence-corrected chi connectivity index (χ2v) is 5.82. The third-order valence-electron chi connectivity index (χ3n) is 2.31. The van der Waals surface area contributed by atoms with Crippen molar-refractivity contribution in [3.8, 4) is 0 Å². The fourth-order valence-corrected chi connectivity index (χ4v) is 1.52. The maximum Gasteiger partial charge on any atom is 0.408 e. The van der Waals surface area contributed by atoms with E-state index in [9.17, 15) is 14.4 Å². The van der Waals surface area contributed by atoms with Gasteiger partial charge < -0.3 is 14.8 Å². The molecular formula is C14H25NO5. The van der Waals surface area contributed by atoms with E-state index in [1.165, 1.54) is 0 Å². The van der Waals surface area contributed by atoms with E-state index in [-0.39, 0.29) is 24.7 Å². The third kappa shape index (κ3) is 7.76. The summed E-state index contributed by atoms with van der Waals surface area (Å²) in [7, 11) is 0. The van der Waals surface area contributed by atoms with Gasteiger partial charge in [0.25, 0.3) is 0 Å². The molecule has 0 saturated carbocycles. The van der Waals surface area contributed by atoms with Crippen LogP contribution in [-0.4, -0.2) is 36.1 Å². The van der Waals surface area contributed by atoms with Gasteiger partial charge in [-0.2, -0.15) is 0 Å². The average Bonchev–Trinajstić information content (AvgIpc) is 2.22. The topological polar surface area (TPSA) is 81.7 Å². The molecule has 1 atom stereocenters. The number of ether oxygens (including phenoxy) is 2. The Balaban J connectivity index is 4.61. The summed E-state index contributed by atoms with van der Waals surface area (Å²) in [5, 5.41) is 2.50. The lowest BCUT2D eigenvalue weighted by Gasteiger charge is -2.24. The molecular weight excluding hydrogens is 262 g/mol. The molecule has 116 valence electrons. The van der Waals surface area contributed by atoms with Crippen LogP contribution in [0.3, 0.4) is 0 Å². The number of rotatable bonds is 6. The van der Waals surface area contributed by atoms with Gasteiger partial charge in [0, 0.05) is 0 Å². The van der Waals surface area contributed by atoms with Crippen molar-refractivity contribution in [3.05, 3.63) is 0 Å². The minimum atomic E-state index is -0.769. The first kappa shape index (κ1) is 18.4. The largest absolute Gasteiger partial charge is 0.466 e. The summed E-state index contributed by atoms with van der Waals surface area (Å²) in [6.45, 7) is 10.7. The van der Waals surface area contributed by atoms with Crippen molar-refractivity contribution in [2.24, 2.45) is 5.92 Å². The summed E-state index contributed by atoms with van der Waals surface area (Å²) in [6, 6.07) is -0.769. The van der Waals surface area contributed by atoms with Gasteiger partial charge in [-0.1, -0.05) is 13.8 Å². The second kappa shape index (κ2) is 7.87. The standard InChI is InChI=1S/C14H25NO5/c1-7-19-11(17)8-10(16)12(9(2)3)15-13(18)20-14(4,5)6/h9,12H,7-8H2,1-6H3,(H,15,18)/t12-/m0/s1. The van der Waals surface area contributed by atoms with E-state index < -0.39 is 23.7 Å². The maximum atomic E-state index is 12.0. The summed E-state index contributed by atoms with van der Waals surface area (Å²) < 4.78 is 9.83. The number of esters is 1. The molecule has 0 spiro atoms. The normalized spacial score (nSPS) is 12.8. The first-order chi connectivity index (χ1) is 9.06. The Bertz CT molecular complexity index is 357. The molecule has 6 heteroatoms. The number of amides is 1. The highest BCUT2D eigenvalue weighted by molar-refractivity contribution is 5.99. The van der Waals surface area contributed by atoms with E-state index in [4.69, 9.17) is 9.47 Å². The van der Waals surface area contributed by atoms with Crippen molar-refractivity contribution in [1.82, 2.24) is 5.32 Å². The molecule has 0 aromatic rings. The van der Waals surface area contributed by atoms with E-state index in [0.717, 1.165) is 0 Å². The van der Waals surface area contributed by atoms with Gasteiger partial charge in [-0.05, 0) is 33.6 Å². The third-order valence-corrected chi connectivity index (χ3v) is 2.31. The highest BCUT2D eigenvalue weighted by Crippen LogP contribution is 2.10. The predicted molar refractivity (Wildman–Crippen MR) is 74.3 cm³/mol. The van der Waals surface area contributed by atoms with Crippen LogP contribution in [0.1, 0.15) is 48.0 Å². The van der Waals surface area contributed by atoms with Crippen molar-refractivity contribution in [2.45, 2.75) is 59.6 Å². The highest BCUT2D eigenvalue weighted by Gasteiger charge is 2.28. The number of carbonyl (C=O) groups is 3. The van der Waals surface area contributed by atoms with Gasteiger partial charge in [0.05, 0.1) is 12.6 Å². The first-order valence-electron chi connectivity index (χ1n) is 6.74. The Labute approximate surface area is 120 Å². The van der Waals surface area contributed by atoms with Crippen LogP contribution in [0.25, 0.3) is 0 Å². The number of alkyl carbamates (subject to hydrolysis) is 1. The van der Waals surface area contributed by atoms with Gasteiger partial charge in [-0.3, -0.25) is 9.59 Å². The molecule has 0 fully saturated rings. The molecule has 0 radical (unpaired) electrons. The van der Waals surface area contributed by atoms with Crippen molar-refractivity contribution in [1.29, 1.82) is 0 Å². The minimum absolute atomic E-state index is 0.149. The predicted octanol–water partition coefficient (Wildman–Crippen LogP) is 2.06. The average molecular weight is 287 g/mol. The highest BCUT2D eigenvalue weighted by atomic mass is 16.6. The van der Waals surface area contributed by atoms with Crippen LogP contribution in [0.4, 0.5) is 4.79 Å². The van der Waals surface area contributed by atoms with Crippen LogP contribution in [0.15, 0.2) is 0 Å². The lowest BCUT2D eigenvalue weighted by molar-refractivity contribution is -0.146. The van der Waals surface area contributed by atoms with Crippen LogP contribution < -0.4 is 5.32 Å². The lowest BCUT2D eigenvalue weighted by Crippen LogP contribution is -2.47. The maximum absolute atomic E-state index is 12.0. The smallest absolute Gasteiger partial charge is 0.408 e. The van der Waals surface area contributed by atoms with Crippen molar-refractivity contribution < 1.29 is 23.9 Å². The van der Waals surface area contributed by atoms with Crippen LogP contribution in [0.2, 0.25) is 0 Å². The number of hydrogen-bond donors (Lipinski definition) is 1. The first-order valence-corrected chi connectivity index (χ1v) is 6.74. The Morgan fingerprint density at radius 1 is 1.15 bits per heavy atom. The molecule has 0 aliphatic rings. The van der Waals surface area contributed by atoms with Gasteiger partial charge in [-0.15, -0.1) is 0 Å². The molecule has 0 saturated heterocycles. The second-order valence-electron chi connectivity index (χ2n) is 5.82. The summed E-state index contributed by atoms with van der Waals surface area (Å²) >= 11 is 0. The molecule has 0 bridgehead atoms. The van der Waals surface area contributed by atoms with Crippen molar-refractivity contribution in [3.63, 3.8) is 0 Å². The Hall–Kier alpha value is -1.59. The molecule has 6 nitrogen and oxygen atoms in total. The molecule has 20 heavy (non-hydrogen) atoms. The fourth-order valence-electron chi connectivity index (χ4n) is 1.52. The Kier molecular flexibility index (Phi) is 7.24. The fraction of sp³-hybridized carbons (Fsp3) is 0.786. The van der Waals surface area contributed by atoms with Crippen LogP contribution in [0.5, 0.6) is 0 Å². The zero-order chi connectivity index (χ0) is 15.9. The van der Waals surface area contributed by atoms with Gasteiger partial charge in [-0.25, -0.2) is 4.79 Å². The zero-order valence-corrected chi connectivity index (χ0v) is 13.1. The van der Waals surface area contributed by atoms with E-state index >= 15 is 0 Å². The number of Topliss-reactive ketones (excluding diaryl/α,β-unsaturated/α-hetero) is 1. The van der Waals surface area contributed by atoms with Crippen LogP contribution in [-0.2, 0) is 19.1 Å². The molecule has 1 N–H and O–H groups in total. The molecule has 0 aromatic heterocycles. The number of hydrogen-bond acceptors (Lipinski definition) is 5. The SMILES string of the molecule is CCOC(=O)CC(=O)[C@@H](NC(=O)OC(C)(C)C)C(C)C. The van der Waals surface area contributed by atoms with Crippen molar-refractivity contribution >= 4 is 17.8 Å². The van der Waals surface area contributed by atoms with Gasteiger partial charge in [0.2, 0.25) is 0 Å². The van der Waals surface area contributed by atoms with E-state index in [2.05, 4.69) is 5.32 Å². The number of nitrogens with one attached hydrogen (secondary N) is 1. The molecule has 0 rings (SSSR count). The van der Waals surface area contributed by atoms with Crippen molar-refractivity contribution in [2.75, 3.05) is 6.61 Å². The summed E-state index contributed by atoms with van der Waals surface area (Å²) in [4.78, 5) is 35.0. The number of carbonyl (C=O) groups excluding carboxylic acids is 3. The van der Waals surface area contributed by atoms with E-state index in [1.807, 2.05) is 0 Å². The van der Waals surface area contributed by atoms with Gasteiger partial charge in [0.15, 0.2) is 5.78 Å². The summed E-state index contributed by atoms with van der Waals surface area (Å²) in [5.41, 5.74) is -0.643. The quantitative estimate of drug-likeness (QED) is 0.597. The van der Waals surface area contributed by atoms with Crippen LogP contribution in [0, 0.1) is 5.92 Å². The summed E-state index contributed by atoms with van der Waals surface area (Å²) in [5.74, 6) is -1.12. The zero-order valence-electron chi connectivity index (χ0n) is 13.1. The number of ketones is 1. The molecule has 1 amide bonds. The molecule has 0 unspecified atom stereocenters.